The zero-order valence-electron chi connectivity index (χ0n) is 9.51. The van der Waals surface area contributed by atoms with Gasteiger partial charge in [0.05, 0.1) is 23.4 Å². The minimum Gasteiger partial charge on any atom is -0.276 e. The first-order valence-corrected chi connectivity index (χ1v) is 5.03. The number of rotatable bonds is 1. The molecule has 1 radical (unpaired) electrons. The number of pyridine rings is 1. The molecular formula is C13H6N2O3Re. The molecule has 0 amide bonds. The van der Waals surface area contributed by atoms with Crippen molar-refractivity contribution in [3.63, 3.8) is 0 Å². The summed E-state index contributed by atoms with van der Waals surface area (Å²) in [6.07, 6.45) is 1.54. The van der Waals surface area contributed by atoms with E-state index in [-0.39, 0.29) is 49.4 Å². The Morgan fingerprint density at radius 3 is 2.26 bits per heavy atom. The molecule has 0 atom stereocenters. The maximum absolute atomic E-state index is 11.0. The SMILES string of the molecule is O=C=C1CN=C(c2ccccn2)C(=C=O)C1=C=O.[Re]. The summed E-state index contributed by atoms with van der Waals surface area (Å²) in [6.45, 7) is -0.0227. The zero-order chi connectivity index (χ0) is 13.0. The second-order valence-electron chi connectivity index (χ2n) is 3.41. The standard InChI is InChI=1S/C13H6N2O3.Re/c16-6-9-5-15-13(11(8-18)10(9)7-17)12-3-1-2-4-14-12;/h1-4H,5H2;. The summed E-state index contributed by atoms with van der Waals surface area (Å²) in [6, 6.07) is 5.08. The summed E-state index contributed by atoms with van der Waals surface area (Å²) in [4.78, 5) is 40.5. The molecule has 1 aliphatic heterocycles. The third-order valence-corrected chi connectivity index (χ3v) is 2.42. The van der Waals surface area contributed by atoms with Gasteiger partial charge in [0.1, 0.15) is 29.1 Å². The van der Waals surface area contributed by atoms with E-state index < -0.39 is 0 Å². The van der Waals surface area contributed by atoms with Gasteiger partial charge in [-0.1, -0.05) is 6.07 Å². The number of aromatic nitrogens is 1. The van der Waals surface area contributed by atoms with Crippen LogP contribution in [0.1, 0.15) is 5.69 Å². The smallest absolute Gasteiger partial charge is 0.136 e. The Bertz CT molecular complexity index is 675. The van der Waals surface area contributed by atoms with E-state index >= 15 is 0 Å². The molecule has 6 heteroatoms. The predicted molar refractivity (Wildman–Crippen MR) is 63.3 cm³/mol. The Morgan fingerprint density at radius 2 is 1.74 bits per heavy atom. The van der Waals surface area contributed by atoms with Crippen molar-refractivity contribution < 1.29 is 34.8 Å². The Hall–Kier alpha value is -2.17. The van der Waals surface area contributed by atoms with Crippen molar-refractivity contribution in [2.75, 3.05) is 6.54 Å². The van der Waals surface area contributed by atoms with Crippen molar-refractivity contribution in [3.8, 4) is 0 Å². The number of hydrogen-bond donors (Lipinski definition) is 0. The van der Waals surface area contributed by atoms with Crippen molar-refractivity contribution in [1.82, 2.24) is 4.98 Å². The van der Waals surface area contributed by atoms with Gasteiger partial charge >= 0.3 is 0 Å². The maximum Gasteiger partial charge on any atom is 0.136 e. The number of allylic oxidation sites excluding steroid dienone is 1. The van der Waals surface area contributed by atoms with Gasteiger partial charge in [-0.25, -0.2) is 14.4 Å². The van der Waals surface area contributed by atoms with Gasteiger partial charge in [0.15, 0.2) is 0 Å². The molecular weight excluding hydrogens is 418 g/mol. The summed E-state index contributed by atoms with van der Waals surface area (Å²) in [5.74, 6) is 4.76. The molecule has 0 aromatic carbocycles. The quantitative estimate of drug-likeness (QED) is 0.602. The van der Waals surface area contributed by atoms with Crippen molar-refractivity contribution in [1.29, 1.82) is 0 Å². The third-order valence-electron chi connectivity index (χ3n) is 2.42. The molecule has 19 heavy (non-hydrogen) atoms. The molecule has 2 rings (SSSR count). The van der Waals surface area contributed by atoms with E-state index in [1.807, 2.05) is 0 Å². The van der Waals surface area contributed by atoms with Gasteiger partial charge in [0.25, 0.3) is 0 Å². The fourth-order valence-corrected chi connectivity index (χ4v) is 1.59. The molecule has 0 fully saturated rings. The molecule has 1 aromatic heterocycles. The van der Waals surface area contributed by atoms with E-state index in [0.29, 0.717) is 5.69 Å². The van der Waals surface area contributed by atoms with Crippen molar-refractivity contribution in [2.24, 2.45) is 4.99 Å². The minimum absolute atomic E-state index is 0. The van der Waals surface area contributed by atoms with Crippen LogP contribution in [0, 0.1) is 0 Å². The number of hydrogen-bond acceptors (Lipinski definition) is 5. The molecule has 0 saturated carbocycles. The van der Waals surface area contributed by atoms with Crippen molar-refractivity contribution >= 4 is 23.5 Å². The molecule has 0 saturated heterocycles. The topological polar surface area (TPSA) is 76.5 Å². The number of carbonyl (C=O) groups excluding carboxylic acids is 3. The van der Waals surface area contributed by atoms with E-state index in [2.05, 4.69) is 9.98 Å². The van der Waals surface area contributed by atoms with E-state index in [9.17, 15) is 14.4 Å². The van der Waals surface area contributed by atoms with Crippen LogP contribution < -0.4 is 0 Å². The Labute approximate surface area is 122 Å². The molecule has 2 heterocycles. The normalized spacial score (nSPS) is 13.7. The Morgan fingerprint density at radius 1 is 1.00 bits per heavy atom. The zero-order valence-corrected chi connectivity index (χ0v) is 12.2. The minimum atomic E-state index is -0.143. The first kappa shape index (κ1) is 14.9. The molecule has 93 valence electrons. The van der Waals surface area contributed by atoms with Crippen LogP contribution in [0.3, 0.4) is 0 Å². The molecule has 0 N–H and O–H groups in total. The van der Waals surface area contributed by atoms with Crippen LogP contribution >= 0.6 is 0 Å². The molecule has 0 spiro atoms. The maximum atomic E-state index is 11.0. The van der Waals surface area contributed by atoms with Crippen LogP contribution in [0.4, 0.5) is 0 Å². The van der Waals surface area contributed by atoms with Crippen molar-refractivity contribution in [3.05, 3.63) is 46.8 Å². The van der Waals surface area contributed by atoms with Crippen LogP contribution in [0.25, 0.3) is 0 Å². The second-order valence-corrected chi connectivity index (χ2v) is 3.41. The van der Waals surface area contributed by atoms with Crippen molar-refractivity contribution in [2.45, 2.75) is 0 Å². The van der Waals surface area contributed by atoms with Gasteiger partial charge in [-0.2, -0.15) is 0 Å². The average molecular weight is 424 g/mol. The third kappa shape index (κ3) is 2.81. The van der Waals surface area contributed by atoms with Gasteiger partial charge in [0.2, 0.25) is 0 Å². The first-order chi connectivity index (χ1) is 8.81. The van der Waals surface area contributed by atoms with Gasteiger partial charge in [-0.05, 0) is 12.1 Å². The van der Waals surface area contributed by atoms with Gasteiger partial charge in [-0.3, -0.25) is 9.98 Å². The van der Waals surface area contributed by atoms with Gasteiger partial charge in [0, 0.05) is 26.6 Å². The summed E-state index contributed by atoms with van der Waals surface area (Å²) in [5, 5.41) is 0. The van der Waals surface area contributed by atoms with Crippen LogP contribution in [0.15, 0.2) is 46.1 Å². The Kier molecular flexibility index (Phi) is 5.24. The summed E-state index contributed by atoms with van der Waals surface area (Å²) in [7, 11) is 0. The summed E-state index contributed by atoms with van der Waals surface area (Å²) < 4.78 is 0. The molecule has 5 nitrogen and oxygen atoms in total. The fourth-order valence-electron chi connectivity index (χ4n) is 1.59. The Balaban J connectivity index is 0.00000180. The van der Waals surface area contributed by atoms with E-state index in [4.69, 9.17) is 0 Å². The first-order valence-electron chi connectivity index (χ1n) is 5.03. The van der Waals surface area contributed by atoms with E-state index in [0.717, 1.165) is 0 Å². The summed E-state index contributed by atoms with van der Waals surface area (Å²) in [5.41, 5.74) is 0.434. The molecule has 0 bridgehead atoms. The van der Waals surface area contributed by atoms with Gasteiger partial charge in [-0.15, -0.1) is 0 Å². The molecule has 1 aliphatic rings. The summed E-state index contributed by atoms with van der Waals surface area (Å²) >= 11 is 0. The molecule has 0 unspecified atom stereocenters. The van der Waals surface area contributed by atoms with Crippen LogP contribution in [-0.2, 0) is 34.8 Å². The second kappa shape index (κ2) is 6.68. The number of aliphatic imine (C=N–C) groups is 1. The van der Waals surface area contributed by atoms with E-state index in [1.165, 1.54) is 6.20 Å². The number of nitrogens with zero attached hydrogens (tertiary/aromatic N) is 2. The fraction of sp³-hybridized carbons (Fsp3) is 0.0769. The average Bonchev–Trinajstić information content (AvgIpc) is 2.46. The van der Waals surface area contributed by atoms with Gasteiger partial charge < -0.3 is 0 Å². The monoisotopic (exact) mass is 425 g/mol. The van der Waals surface area contributed by atoms with Crippen LogP contribution in [0.5, 0.6) is 0 Å². The van der Waals surface area contributed by atoms with Crippen LogP contribution in [0.2, 0.25) is 0 Å². The molecule has 1 aromatic rings. The van der Waals surface area contributed by atoms with E-state index in [1.54, 1.807) is 36.0 Å². The largest absolute Gasteiger partial charge is 0.276 e. The van der Waals surface area contributed by atoms with Crippen LogP contribution in [-0.4, -0.2) is 35.1 Å². The molecule has 0 aliphatic carbocycles. The predicted octanol–water partition coefficient (Wildman–Crippen LogP) is 0.156.